The molecule has 0 bridgehead atoms. The van der Waals surface area contributed by atoms with Crippen LogP contribution in [0.25, 0.3) is 0 Å². The minimum absolute atomic E-state index is 0.0223. The van der Waals surface area contributed by atoms with E-state index in [0.29, 0.717) is 29.2 Å². The summed E-state index contributed by atoms with van der Waals surface area (Å²) >= 11 is 1.43. The maximum atomic E-state index is 13.4. The van der Waals surface area contributed by atoms with E-state index in [1.807, 2.05) is 56.3 Å². The number of carbonyl (C=O) groups excluding carboxylic acids is 2. The lowest BCUT2D eigenvalue weighted by Gasteiger charge is -2.19. The molecule has 1 amide bonds. The lowest BCUT2D eigenvalue weighted by atomic mass is 9.86. The van der Waals surface area contributed by atoms with Crippen molar-refractivity contribution in [3.63, 3.8) is 0 Å². The normalized spacial score (nSPS) is 11.3. The van der Waals surface area contributed by atoms with Gasteiger partial charge in [-0.25, -0.2) is 4.79 Å². The first-order chi connectivity index (χ1) is 17.1. The molecule has 3 rings (SSSR count). The Balaban J connectivity index is 1.86. The molecule has 0 saturated carbocycles. The van der Waals surface area contributed by atoms with E-state index in [9.17, 15) is 9.59 Å². The zero-order valence-corrected chi connectivity index (χ0v) is 23.0. The summed E-state index contributed by atoms with van der Waals surface area (Å²) in [5.74, 6) is 0.0937. The Morgan fingerprint density at radius 2 is 1.69 bits per heavy atom. The molecule has 1 N–H and O–H groups in total. The molecule has 192 valence electrons. The fourth-order valence-electron chi connectivity index (χ4n) is 3.84. The molecular formula is C30H37NO4S. The second kappa shape index (κ2) is 12.2. The number of thiophene rings is 1. The van der Waals surface area contributed by atoms with Crippen molar-refractivity contribution < 1.29 is 19.1 Å². The molecule has 1 aromatic heterocycles. The number of anilines is 1. The molecule has 0 radical (unpaired) electrons. The van der Waals surface area contributed by atoms with Crippen molar-refractivity contribution in [3.8, 4) is 5.75 Å². The SMILES string of the molecule is CCCCOC(=O)c1c(NC(=O)c2ccccc2COc2ccc(C)cc2)sc(C)c1CC(C)(C)C. The fraction of sp³-hybridized carbons (Fsp3) is 0.400. The zero-order chi connectivity index (χ0) is 26.3. The molecule has 6 heteroatoms. The summed E-state index contributed by atoms with van der Waals surface area (Å²) < 4.78 is 11.5. The van der Waals surface area contributed by atoms with Crippen LogP contribution >= 0.6 is 11.3 Å². The first-order valence-corrected chi connectivity index (χ1v) is 13.3. The molecule has 0 unspecified atom stereocenters. The molecule has 2 aromatic carbocycles. The average Bonchev–Trinajstić information content (AvgIpc) is 3.11. The number of unbranched alkanes of at least 4 members (excludes halogenated alkanes) is 1. The largest absolute Gasteiger partial charge is 0.489 e. The third-order valence-corrected chi connectivity index (χ3v) is 6.82. The number of ether oxygens (including phenoxy) is 2. The summed E-state index contributed by atoms with van der Waals surface area (Å²) in [6.45, 7) is 13.1. The number of benzene rings is 2. The van der Waals surface area contributed by atoms with E-state index < -0.39 is 0 Å². The lowest BCUT2D eigenvalue weighted by molar-refractivity contribution is 0.0500. The Labute approximate surface area is 218 Å². The quantitative estimate of drug-likeness (QED) is 0.225. The van der Waals surface area contributed by atoms with Gasteiger partial charge in [0.2, 0.25) is 0 Å². The van der Waals surface area contributed by atoms with Gasteiger partial charge in [-0.05, 0) is 55.9 Å². The van der Waals surface area contributed by atoms with E-state index in [0.717, 1.165) is 40.2 Å². The highest BCUT2D eigenvalue weighted by Gasteiger charge is 2.28. The number of hydrogen-bond acceptors (Lipinski definition) is 5. The summed E-state index contributed by atoms with van der Waals surface area (Å²) in [6.07, 6.45) is 2.46. The van der Waals surface area contributed by atoms with Gasteiger partial charge in [0.15, 0.2) is 0 Å². The Morgan fingerprint density at radius 1 is 1.00 bits per heavy atom. The number of carbonyl (C=O) groups is 2. The molecule has 36 heavy (non-hydrogen) atoms. The van der Waals surface area contributed by atoms with Gasteiger partial charge in [-0.3, -0.25) is 4.79 Å². The van der Waals surface area contributed by atoms with Crippen molar-refractivity contribution in [2.24, 2.45) is 5.41 Å². The van der Waals surface area contributed by atoms with E-state index in [4.69, 9.17) is 9.47 Å². The van der Waals surface area contributed by atoms with E-state index in [1.54, 1.807) is 6.07 Å². The number of aryl methyl sites for hydroxylation is 2. The van der Waals surface area contributed by atoms with Gasteiger partial charge in [-0.2, -0.15) is 0 Å². The number of amides is 1. The van der Waals surface area contributed by atoms with Crippen LogP contribution in [0.5, 0.6) is 5.75 Å². The molecule has 0 saturated heterocycles. The second-order valence-electron chi connectivity index (χ2n) is 10.3. The fourth-order valence-corrected chi connectivity index (χ4v) is 4.90. The predicted molar refractivity (Wildman–Crippen MR) is 147 cm³/mol. The van der Waals surface area contributed by atoms with Gasteiger partial charge in [-0.15, -0.1) is 11.3 Å². The molecule has 0 aliphatic carbocycles. The third-order valence-electron chi connectivity index (χ3n) is 5.76. The maximum Gasteiger partial charge on any atom is 0.341 e. The Bertz CT molecular complexity index is 1190. The van der Waals surface area contributed by atoms with Gasteiger partial charge in [0, 0.05) is 16.0 Å². The Kier molecular flexibility index (Phi) is 9.32. The van der Waals surface area contributed by atoms with Gasteiger partial charge in [0.1, 0.15) is 17.4 Å². The van der Waals surface area contributed by atoms with Crippen LogP contribution in [-0.4, -0.2) is 18.5 Å². The highest BCUT2D eigenvalue weighted by molar-refractivity contribution is 7.16. The summed E-state index contributed by atoms with van der Waals surface area (Å²) in [5.41, 5.74) is 3.84. The number of nitrogens with one attached hydrogen (secondary N) is 1. The van der Waals surface area contributed by atoms with Crippen LogP contribution in [0, 0.1) is 19.3 Å². The van der Waals surface area contributed by atoms with Gasteiger partial charge in [0.25, 0.3) is 5.91 Å². The first kappa shape index (κ1) is 27.5. The molecule has 0 fully saturated rings. The van der Waals surface area contributed by atoms with Crippen LogP contribution in [0.4, 0.5) is 5.00 Å². The molecule has 0 spiro atoms. The van der Waals surface area contributed by atoms with E-state index in [-0.39, 0.29) is 23.9 Å². The van der Waals surface area contributed by atoms with Gasteiger partial charge >= 0.3 is 5.97 Å². The van der Waals surface area contributed by atoms with E-state index in [1.165, 1.54) is 11.3 Å². The topological polar surface area (TPSA) is 64.6 Å². The molecule has 0 aliphatic rings. The van der Waals surface area contributed by atoms with Crippen LogP contribution in [0.15, 0.2) is 48.5 Å². The van der Waals surface area contributed by atoms with E-state index in [2.05, 4.69) is 33.0 Å². The van der Waals surface area contributed by atoms with Crippen LogP contribution in [-0.2, 0) is 17.8 Å². The highest BCUT2D eigenvalue weighted by Crippen LogP contribution is 2.37. The molecule has 0 atom stereocenters. The molecule has 3 aromatic rings. The van der Waals surface area contributed by atoms with Gasteiger partial charge in [-0.1, -0.05) is 70.0 Å². The van der Waals surface area contributed by atoms with Crippen LogP contribution in [0.3, 0.4) is 0 Å². The molecular weight excluding hydrogens is 470 g/mol. The van der Waals surface area contributed by atoms with Crippen molar-refractivity contribution >= 4 is 28.2 Å². The average molecular weight is 508 g/mol. The minimum atomic E-state index is -0.377. The highest BCUT2D eigenvalue weighted by atomic mass is 32.1. The van der Waals surface area contributed by atoms with Crippen molar-refractivity contribution in [1.29, 1.82) is 0 Å². The second-order valence-corrected chi connectivity index (χ2v) is 11.5. The predicted octanol–water partition coefficient (Wildman–Crippen LogP) is 7.74. The number of esters is 1. The van der Waals surface area contributed by atoms with Crippen molar-refractivity contribution in [3.05, 3.63) is 81.2 Å². The van der Waals surface area contributed by atoms with Crippen LogP contribution in [0.1, 0.15) is 82.8 Å². The van der Waals surface area contributed by atoms with Gasteiger partial charge < -0.3 is 14.8 Å². The lowest BCUT2D eigenvalue weighted by Crippen LogP contribution is -2.19. The Morgan fingerprint density at radius 3 is 2.36 bits per heavy atom. The van der Waals surface area contributed by atoms with Crippen LogP contribution in [0.2, 0.25) is 0 Å². The number of rotatable bonds is 10. The summed E-state index contributed by atoms with van der Waals surface area (Å²) in [5, 5.41) is 3.55. The zero-order valence-electron chi connectivity index (χ0n) is 22.2. The summed E-state index contributed by atoms with van der Waals surface area (Å²) in [7, 11) is 0. The minimum Gasteiger partial charge on any atom is -0.489 e. The van der Waals surface area contributed by atoms with Gasteiger partial charge in [0.05, 0.1) is 12.2 Å². The molecule has 1 heterocycles. The first-order valence-electron chi connectivity index (χ1n) is 12.5. The van der Waals surface area contributed by atoms with E-state index >= 15 is 0 Å². The molecule has 5 nitrogen and oxygen atoms in total. The Hall–Kier alpha value is -3.12. The smallest absolute Gasteiger partial charge is 0.341 e. The summed E-state index contributed by atoms with van der Waals surface area (Å²) in [4.78, 5) is 27.6. The van der Waals surface area contributed by atoms with Crippen molar-refractivity contribution in [2.45, 2.75) is 67.4 Å². The standard InChI is InChI=1S/C30H37NO4S/c1-7-8-17-34-29(33)26-25(18-30(4,5)6)21(3)36-28(26)31-27(32)24-12-10-9-11-22(24)19-35-23-15-13-20(2)14-16-23/h9-16H,7-8,17-19H2,1-6H3,(H,31,32). The maximum absolute atomic E-state index is 13.4. The van der Waals surface area contributed by atoms with Crippen LogP contribution < -0.4 is 10.1 Å². The molecule has 0 aliphatic heterocycles. The van der Waals surface area contributed by atoms with Crippen molar-refractivity contribution in [1.82, 2.24) is 0 Å². The van der Waals surface area contributed by atoms with Crippen molar-refractivity contribution in [2.75, 3.05) is 11.9 Å². The monoisotopic (exact) mass is 507 g/mol. The number of hydrogen-bond donors (Lipinski definition) is 1. The summed E-state index contributed by atoms with van der Waals surface area (Å²) in [6, 6.07) is 15.2. The third kappa shape index (κ3) is 7.44.